The summed E-state index contributed by atoms with van der Waals surface area (Å²) >= 11 is 1.24. The Hall–Kier alpha value is -2.61. The van der Waals surface area contributed by atoms with Crippen molar-refractivity contribution in [3.8, 4) is 0 Å². The second-order valence-electron chi connectivity index (χ2n) is 8.33. The van der Waals surface area contributed by atoms with Crippen molar-refractivity contribution >= 4 is 40.5 Å². The van der Waals surface area contributed by atoms with Gasteiger partial charge in [-0.2, -0.15) is 0 Å². The predicted octanol–water partition coefficient (Wildman–Crippen LogP) is 3.77. The molecule has 0 aliphatic heterocycles. The molecule has 1 atom stereocenters. The number of imide groups is 1. The van der Waals surface area contributed by atoms with Crippen molar-refractivity contribution in [2.45, 2.75) is 74.2 Å². The summed E-state index contributed by atoms with van der Waals surface area (Å²) in [5.74, 6) is -0.496. The van der Waals surface area contributed by atoms with E-state index < -0.39 is 11.3 Å². The summed E-state index contributed by atoms with van der Waals surface area (Å²) in [6, 6.07) is 9.17. The van der Waals surface area contributed by atoms with Gasteiger partial charge in [-0.1, -0.05) is 49.2 Å². The number of benzene rings is 1. The number of urea groups is 1. The lowest BCUT2D eigenvalue weighted by atomic mass is 9.96. The second kappa shape index (κ2) is 9.68. The van der Waals surface area contributed by atoms with E-state index in [9.17, 15) is 14.4 Å². The summed E-state index contributed by atoms with van der Waals surface area (Å²) in [5.41, 5.74) is 1.26. The molecule has 1 heterocycles. The Morgan fingerprint density at radius 1 is 1.00 bits per heavy atom. The van der Waals surface area contributed by atoms with Crippen LogP contribution in [0.25, 0.3) is 10.9 Å². The first-order valence-electron chi connectivity index (χ1n) is 11.0. The van der Waals surface area contributed by atoms with Crippen LogP contribution in [0.3, 0.4) is 0 Å². The van der Waals surface area contributed by atoms with Gasteiger partial charge in [0.15, 0.2) is 0 Å². The van der Waals surface area contributed by atoms with Gasteiger partial charge in [-0.3, -0.25) is 14.9 Å². The molecule has 2 aromatic rings. The molecule has 2 aliphatic rings. The fourth-order valence-electron chi connectivity index (χ4n) is 3.81. The van der Waals surface area contributed by atoms with Gasteiger partial charge in [0, 0.05) is 17.5 Å². The van der Waals surface area contributed by atoms with Crippen molar-refractivity contribution in [3.05, 3.63) is 35.9 Å². The van der Waals surface area contributed by atoms with E-state index in [1.165, 1.54) is 18.2 Å². The Kier molecular flexibility index (Phi) is 6.75. The number of fused-ring (bicyclic) bond motifs is 1. The molecule has 164 valence electrons. The van der Waals surface area contributed by atoms with Crippen molar-refractivity contribution in [1.82, 2.24) is 20.9 Å². The molecule has 1 unspecified atom stereocenters. The fourth-order valence-corrected chi connectivity index (χ4v) is 4.67. The maximum atomic E-state index is 12.7. The average molecular weight is 441 g/mol. The van der Waals surface area contributed by atoms with Gasteiger partial charge in [-0.15, -0.1) is 0 Å². The number of carbonyl (C=O) groups excluding carboxylic acids is 3. The average Bonchev–Trinajstić information content (AvgIpc) is 3.57. The van der Waals surface area contributed by atoms with Crippen molar-refractivity contribution in [3.63, 3.8) is 0 Å². The zero-order valence-corrected chi connectivity index (χ0v) is 18.5. The zero-order chi connectivity index (χ0) is 21.8. The Balaban J connectivity index is 1.42. The van der Waals surface area contributed by atoms with Crippen molar-refractivity contribution < 1.29 is 14.4 Å². The normalized spacial score (nSPS) is 17.7. The lowest BCUT2D eigenvalue weighted by Crippen LogP contribution is -2.47. The van der Waals surface area contributed by atoms with E-state index in [0.29, 0.717) is 16.1 Å². The molecule has 2 fully saturated rings. The molecule has 2 aliphatic carbocycles. The third-order valence-electron chi connectivity index (χ3n) is 5.69. The summed E-state index contributed by atoms with van der Waals surface area (Å²) in [5, 5.41) is 9.18. The van der Waals surface area contributed by atoms with E-state index in [1.807, 2.05) is 24.3 Å². The number of carbonyl (C=O) groups is 3. The Morgan fingerprint density at radius 2 is 1.71 bits per heavy atom. The van der Waals surface area contributed by atoms with Crippen LogP contribution >= 0.6 is 11.8 Å². The zero-order valence-electron chi connectivity index (χ0n) is 17.6. The van der Waals surface area contributed by atoms with E-state index in [2.05, 4.69) is 20.9 Å². The maximum absolute atomic E-state index is 12.7. The van der Waals surface area contributed by atoms with Gasteiger partial charge in [-0.25, -0.2) is 9.78 Å². The standard InChI is InChI=1S/C23H28N4O3S/c1-14(21(28)27-23(30)25-15-7-3-2-4-8-15)31-20-13-18(22(29)24-16-11-12-16)17-9-5-6-10-19(17)26-20/h5-6,9-10,13-16H,2-4,7-8,11-12H2,1H3,(H,24,29)(H2,25,27,28,30). The monoisotopic (exact) mass is 440 g/mol. The summed E-state index contributed by atoms with van der Waals surface area (Å²) < 4.78 is 0. The molecule has 0 radical (unpaired) electrons. The van der Waals surface area contributed by atoms with Gasteiger partial charge in [-0.05, 0) is 44.7 Å². The molecule has 1 aromatic carbocycles. The van der Waals surface area contributed by atoms with Gasteiger partial charge < -0.3 is 10.6 Å². The number of hydrogen-bond acceptors (Lipinski definition) is 5. The number of thioether (sulfide) groups is 1. The van der Waals surface area contributed by atoms with Gasteiger partial charge in [0.05, 0.1) is 21.4 Å². The molecular weight excluding hydrogens is 412 g/mol. The smallest absolute Gasteiger partial charge is 0.321 e. The molecule has 0 spiro atoms. The van der Waals surface area contributed by atoms with Crippen LogP contribution in [0.4, 0.5) is 4.79 Å². The highest BCUT2D eigenvalue weighted by Crippen LogP contribution is 2.28. The number of rotatable bonds is 6. The molecule has 7 nitrogen and oxygen atoms in total. The molecule has 4 amide bonds. The number of hydrogen-bond donors (Lipinski definition) is 3. The van der Waals surface area contributed by atoms with E-state index in [0.717, 1.165) is 43.9 Å². The molecule has 0 bridgehead atoms. The number of amides is 4. The van der Waals surface area contributed by atoms with Crippen molar-refractivity contribution in [1.29, 1.82) is 0 Å². The molecule has 0 saturated heterocycles. The summed E-state index contributed by atoms with van der Waals surface area (Å²) in [7, 11) is 0. The first-order valence-corrected chi connectivity index (χ1v) is 11.9. The highest BCUT2D eigenvalue weighted by atomic mass is 32.2. The second-order valence-corrected chi connectivity index (χ2v) is 9.69. The molecule has 2 saturated carbocycles. The SMILES string of the molecule is CC(Sc1cc(C(=O)NC2CC2)c2ccccc2n1)C(=O)NC(=O)NC1CCCCC1. The van der Waals surface area contributed by atoms with Crippen molar-refractivity contribution in [2.75, 3.05) is 0 Å². The van der Waals surface area contributed by atoms with E-state index in [4.69, 9.17) is 0 Å². The lowest BCUT2D eigenvalue weighted by Gasteiger charge is -2.23. The van der Waals surface area contributed by atoms with Gasteiger partial charge in [0.2, 0.25) is 5.91 Å². The summed E-state index contributed by atoms with van der Waals surface area (Å²) in [6.45, 7) is 1.73. The minimum atomic E-state index is -0.537. The topological polar surface area (TPSA) is 100 Å². The van der Waals surface area contributed by atoms with Crippen LogP contribution in [0.15, 0.2) is 35.4 Å². The molecule has 4 rings (SSSR count). The minimum Gasteiger partial charge on any atom is -0.349 e. The maximum Gasteiger partial charge on any atom is 0.321 e. The minimum absolute atomic E-state index is 0.119. The fraction of sp³-hybridized carbons (Fsp3) is 0.478. The Morgan fingerprint density at radius 3 is 2.45 bits per heavy atom. The molecule has 1 aromatic heterocycles. The number of nitrogens with one attached hydrogen (secondary N) is 3. The lowest BCUT2D eigenvalue weighted by molar-refractivity contribution is -0.119. The van der Waals surface area contributed by atoms with Crippen LogP contribution in [0, 0.1) is 0 Å². The number of pyridine rings is 1. The molecule has 3 N–H and O–H groups in total. The van der Waals surface area contributed by atoms with E-state index in [-0.39, 0.29) is 23.9 Å². The first kappa shape index (κ1) is 21.6. The highest BCUT2D eigenvalue weighted by Gasteiger charge is 2.26. The Bertz CT molecular complexity index is 986. The number of aromatic nitrogens is 1. The third kappa shape index (κ3) is 5.76. The van der Waals surface area contributed by atoms with Gasteiger partial charge in [0.25, 0.3) is 5.91 Å². The van der Waals surface area contributed by atoms with Crippen LogP contribution in [0.2, 0.25) is 0 Å². The quantitative estimate of drug-likeness (QED) is 0.594. The Labute approximate surface area is 186 Å². The number of para-hydroxylation sites is 1. The van der Waals surface area contributed by atoms with Gasteiger partial charge in [0.1, 0.15) is 0 Å². The van der Waals surface area contributed by atoms with Crippen molar-refractivity contribution in [2.24, 2.45) is 0 Å². The van der Waals surface area contributed by atoms with Crippen LogP contribution in [0.1, 0.15) is 62.2 Å². The van der Waals surface area contributed by atoms with Crippen LogP contribution in [0.5, 0.6) is 0 Å². The highest BCUT2D eigenvalue weighted by molar-refractivity contribution is 8.00. The molecule has 8 heteroatoms. The first-order chi connectivity index (χ1) is 15.0. The van der Waals surface area contributed by atoms with Crippen LogP contribution in [-0.4, -0.2) is 40.2 Å². The van der Waals surface area contributed by atoms with Crippen LogP contribution in [-0.2, 0) is 4.79 Å². The summed E-state index contributed by atoms with van der Waals surface area (Å²) in [4.78, 5) is 42.1. The van der Waals surface area contributed by atoms with E-state index in [1.54, 1.807) is 13.0 Å². The van der Waals surface area contributed by atoms with E-state index >= 15 is 0 Å². The molecular formula is C23H28N4O3S. The molecule has 31 heavy (non-hydrogen) atoms. The van der Waals surface area contributed by atoms with Gasteiger partial charge >= 0.3 is 6.03 Å². The largest absolute Gasteiger partial charge is 0.349 e. The van der Waals surface area contributed by atoms with Crippen LogP contribution < -0.4 is 16.0 Å². The summed E-state index contributed by atoms with van der Waals surface area (Å²) in [6.07, 6.45) is 7.35. The third-order valence-corrected chi connectivity index (χ3v) is 6.71. The number of nitrogens with zero attached hydrogens (tertiary/aromatic N) is 1. The predicted molar refractivity (Wildman–Crippen MR) is 121 cm³/mol.